The van der Waals surface area contributed by atoms with Gasteiger partial charge in [0.15, 0.2) is 5.03 Å². The van der Waals surface area contributed by atoms with Gasteiger partial charge in [0.25, 0.3) is 10.0 Å². The first-order chi connectivity index (χ1) is 9.63. The zero-order chi connectivity index (χ0) is 14.2. The molecule has 0 radical (unpaired) electrons. The van der Waals surface area contributed by atoms with Crippen LogP contribution in [0.3, 0.4) is 0 Å². The maximum atomic E-state index is 12.7. The number of nitrogens with zero attached hydrogens (tertiary/aromatic N) is 3. The molecule has 0 atom stereocenters. The number of nitrogens with one attached hydrogen (secondary N) is 1. The molecule has 1 aromatic heterocycles. The van der Waals surface area contributed by atoms with E-state index in [9.17, 15) is 8.42 Å². The van der Waals surface area contributed by atoms with E-state index < -0.39 is 10.0 Å². The largest absolute Gasteiger partial charge is 0.386 e. The summed E-state index contributed by atoms with van der Waals surface area (Å²) in [5.41, 5.74) is 0.553. The number of piperazine rings is 1. The first-order valence-electron chi connectivity index (χ1n) is 7.00. The Kier molecular flexibility index (Phi) is 3.66. The number of sulfonamides is 1. The van der Waals surface area contributed by atoms with Gasteiger partial charge in [-0.15, -0.1) is 0 Å². The van der Waals surface area contributed by atoms with Crippen LogP contribution in [0.2, 0.25) is 0 Å². The Morgan fingerprint density at radius 1 is 1.25 bits per heavy atom. The molecule has 1 N–H and O–H groups in total. The Balaban J connectivity index is 1.78. The lowest BCUT2D eigenvalue weighted by Gasteiger charge is -2.33. The Morgan fingerprint density at radius 2 is 1.95 bits per heavy atom. The summed E-state index contributed by atoms with van der Waals surface area (Å²) in [6, 6.07) is 4.17. The average molecular weight is 296 g/mol. The Hall–Kier alpha value is -1.18. The van der Waals surface area contributed by atoms with Crippen molar-refractivity contribution >= 4 is 15.7 Å². The molecule has 0 amide bonds. The van der Waals surface area contributed by atoms with Crippen molar-refractivity contribution in [1.82, 2.24) is 14.2 Å². The molecule has 1 aromatic rings. The molecular formula is C13H20N4O2S. The molecule has 2 fully saturated rings. The summed E-state index contributed by atoms with van der Waals surface area (Å²) in [6.45, 7) is 2.76. The Morgan fingerprint density at radius 3 is 2.55 bits per heavy atom. The van der Waals surface area contributed by atoms with Crippen LogP contribution in [-0.2, 0) is 10.0 Å². The third-order valence-electron chi connectivity index (χ3n) is 3.96. The molecule has 3 rings (SSSR count). The SMILES string of the molecule is CNc1cccnc1S(=O)(=O)N1CCN(C2CC2)CC1. The number of rotatable bonds is 4. The second-order valence-corrected chi connectivity index (χ2v) is 7.13. The molecule has 1 aliphatic heterocycles. The molecule has 0 aromatic carbocycles. The van der Waals surface area contributed by atoms with Crippen LogP contribution in [0.5, 0.6) is 0 Å². The molecule has 0 bridgehead atoms. The summed E-state index contributed by atoms with van der Waals surface area (Å²) in [5, 5.41) is 3.03. The van der Waals surface area contributed by atoms with Crippen LogP contribution in [0.25, 0.3) is 0 Å². The van der Waals surface area contributed by atoms with Crippen LogP contribution in [0, 0.1) is 0 Å². The van der Waals surface area contributed by atoms with Gasteiger partial charge in [0, 0.05) is 45.5 Å². The molecule has 2 heterocycles. The van der Waals surface area contributed by atoms with Gasteiger partial charge < -0.3 is 5.32 Å². The van der Waals surface area contributed by atoms with Gasteiger partial charge in [-0.25, -0.2) is 13.4 Å². The van der Waals surface area contributed by atoms with Gasteiger partial charge in [-0.3, -0.25) is 4.90 Å². The number of hydrogen-bond acceptors (Lipinski definition) is 5. The molecule has 7 heteroatoms. The van der Waals surface area contributed by atoms with Crippen molar-refractivity contribution in [3.63, 3.8) is 0 Å². The molecule has 1 saturated carbocycles. The number of pyridine rings is 1. The van der Waals surface area contributed by atoms with E-state index in [2.05, 4.69) is 15.2 Å². The van der Waals surface area contributed by atoms with Crippen molar-refractivity contribution in [2.45, 2.75) is 23.9 Å². The molecule has 0 unspecified atom stereocenters. The van der Waals surface area contributed by atoms with Crippen LogP contribution in [0.1, 0.15) is 12.8 Å². The minimum atomic E-state index is -3.50. The smallest absolute Gasteiger partial charge is 0.262 e. The van der Waals surface area contributed by atoms with Crippen molar-refractivity contribution in [1.29, 1.82) is 0 Å². The van der Waals surface area contributed by atoms with E-state index in [0.29, 0.717) is 24.8 Å². The minimum absolute atomic E-state index is 0.127. The topological polar surface area (TPSA) is 65.5 Å². The zero-order valence-electron chi connectivity index (χ0n) is 11.6. The first-order valence-corrected chi connectivity index (χ1v) is 8.44. The van der Waals surface area contributed by atoms with E-state index in [4.69, 9.17) is 0 Å². The van der Waals surface area contributed by atoms with Gasteiger partial charge >= 0.3 is 0 Å². The zero-order valence-corrected chi connectivity index (χ0v) is 12.4. The fraction of sp³-hybridized carbons (Fsp3) is 0.615. The van der Waals surface area contributed by atoms with Crippen LogP contribution in [-0.4, -0.2) is 61.9 Å². The van der Waals surface area contributed by atoms with Gasteiger partial charge in [0.2, 0.25) is 0 Å². The molecule has 2 aliphatic rings. The highest BCUT2D eigenvalue weighted by molar-refractivity contribution is 7.89. The molecular weight excluding hydrogens is 276 g/mol. The van der Waals surface area contributed by atoms with E-state index in [1.54, 1.807) is 23.5 Å². The Labute approximate surface area is 119 Å². The summed E-state index contributed by atoms with van der Waals surface area (Å²) in [5.74, 6) is 0. The fourth-order valence-electron chi connectivity index (χ4n) is 2.66. The molecule has 1 saturated heterocycles. The maximum Gasteiger partial charge on any atom is 0.262 e. The number of anilines is 1. The standard InChI is InChI=1S/C13H20N4O2S/c1-14-12-3-2-6-15-13(12)20(18,19)17-9-7-16(8-10-17)11-4-5-11/h2-3,6,11,14H,4-5,7-10H2,1H3. The maximum absolute atomic E-state index is 12.7. The van der Waals surface area contributed by atoms with E-state index >= 15 is 0 Å². The van der Waals surface area contributed by atoms with Crippen molar-refractivity contribution in [2.24, 2.45) is 0 Å². The van der Waals surface area contributed by atoms with Gasteiger partial charge in [-0.05, 0) is 25.0 Å². The van der Waals surface area contributed by atoms with Gasteiger partial charge in [0.1, 0.15) is 0 Å². The molecule has 0 spiro atoms. The van der Waals surface area contributed by atoms with E-state index in [-0.39, 0.29) is 5.03 Å². The third-order valence-corrected chi connectivity index (χ3v) is 5.82. The van der Waals surface area contributed by atoms with Crippen LogP contribution < -0.4 is 5.32 Å². The predicted molar refractivity (Wildman–Crippen MR) is 77.1 cm³/mol. The predicted octanol–water partition coefficient (Wildman–Crippen LogP) is 0.592. The van der Waals surface area contributed by atoms with Gasteiger partial charge in [0.05, 0.1) is 5.69 Å². The second-order valence-electron chi connectivity index (χ2n) is 5.28. The van der Waals surface area contributed by atoms with Crippen molar-refractivity contribution in [3.05, 3.63) is 18.3 Å². The third kappa shape index (κ3) is 2.53. The fourth-order valence-corrected chi connectivity index (χ4v) is 4.19. The van der Waals surface area contributed by atoms with E-state index in [1.165, 1.54) is 19.0 Å². The Bertz CT molecular complexity index is 578. The lowest BCUT2D eigenvalue weighted by Crippen LogP contribution is -2.49. The summed E-state index contributed by atoms with van der Waals surface area (Å²) >= 11 is 0. The highest BCUT2D eigenvalue weighted by Gasteiger charge is 2.36. The van der Waals surface area contributed by atoms with Gasteiger partial charge in [-0.2, -0.15) is 4.31 Å². The van der Waals surface area contributed by atoms with Crippen molar-refractivity contribution in [3.8, 4) is 0 Å². The summed E-state index contributed by atoms with van der Waals surface area (Å²) in [6.07, 6.45) is 4.04. The lowest BCUT2D eigenvalue weighted by molar-refractivity contribution is 0.180. The monoisotopic (exact) mass is 296 g/mol. The molecule has 110 valence electrons. The minimum Gasteiger partial charge on any atom is -0.386 e. The molecule has 1 aliphatic carbocycles. The summed E-state index contributed by atoms with van der Waals surface area (Å²) in [4.78, 5) is 6.45. The highest BCUT2D eigenvalue weighted by Crippen LogP contribution is 2.29. The quantitative estimate of drug-likeness (QED) is 0.881. The van der Waals surface area contributed by atoms with Crippen LogP contribution in [0.15, 0.2) is 23.4 Å². The first kappa shape index (κ1) is 13.8. The van der Waals surface area contributed by atoms with Crippen molar-refractivity contribution in [2.75, 3.05) is 38.5 Å². The van der Waals surface area contributed by atoms with Crippen LogP contribution in [0.4, 0.5) is 5.69 Å². The lowest BCUT2D eigenvalue weighted by atomic mass is 10.3. The van der Waals surface area contributed by atoms with E-state index in [1.807, 2.05) is 0 Å². The normalized spacial score (nSPS) is 21.9. The summed E-state index contributed by atoms with van der Waals surface area (Å²) < 4.78 is 26.9. The van der Waals surface area contributed by atoms with Crippen LogP contribution >= 0.6 is 0 Å². The molecule has 20 heavy (non-hydrogen) atoms. The second kappa shape index (κ2) is 5.31. The number of hydrogen-bond donors (Lipinski definition) is 1. The van der Waals surface area contributed by atoms with Crippen molar-refractivity contribution < 1.29 is 8.42 Å². The number of aromatic nitrogens is 1. The van der Waals surface area contributed by atoms with E-state index in [0.717, 1.165) is 13.1 Å². The highest BCUT2D eigenvalue weighted by atomic mass is 32.2. The molecule has 6 nitrogen and oxygen atoms in total. The van der Waals surface area contributed by atoms with Gasteiger partial charge in [-0.1, -0.05) is 0 Å². The summed E-state index contributed by atoms with van der Waals surface area (Å²) in [7, 11) is -1.79. The average Bonchev–Trinajstić information content (AvgIpc) is 3.32.